The molecule has 0 aliphatic heterocycles. The van der Waals surface area contributed by atoms with Crippen molar-refractivity contribution < 1.29 is 4.74 Å². The first kappa shape index (κ1) is 17.1. The maximum Gasteiger partial charge on any atom is 0.262 e. The zero-order valence-corrected chi connectivity index (χ0v) is 16.0. The van der Waals surface area contributed by atoms with Gasteiger partial charge in [-0.3, -0.25) is 14.3 Å². The van der Waals surface area contributed by atoms with Crippen molar-refractivity contribution in [1.82, 2.24) is 14.5 Å². The molecule has 5 nitrogen and oxygen atoms in total. The molecule has 26 heavy (non-hydrogen) atoms. The fourth-order valence-corrected chi connectivity index (χ4v) is 4.32. The van der Waals surface area contributed by atoms with Gasteiger partial charge in [-0.25, -0.2) is 4.98 Å². The van der Waals surface area contributed by atoms with Gasteiger partial charge in [-0.2, -0.15) is 0 Å². The minimum atomic E-state index is 0.0618. The number of aryl methyl sites for hydroxylation is 1. The van der Waals surface area contributed by atoms with Crippen molar-refractivity contribution in [1.29, 1.82) is 0 Å². The molecule has 2 heterocycles. The van der Waals surface area contributed by atoms with Crippen LogP contribution in [0.5, 0.6) is 5.75 Å². The number of methoxy groups -OCH3 is 1. The Morgan fingerprint density at radius 1 is 1.27 bits per heavy atom. The molecule has 3 aromatic rings. The van der Waals surface area contributed by atoms with Crippen LogP contribution in [0.25, 0.3) is 10.9 Å². The van der Waals surface area contributed by atoms with Crippen LogP contribution in [0.4, 0.5) is 0 Å². The fourth-order valence-electron chi connectivity index (χ4n) is 3.23. The lowest BCUT2D eigenvalue weighted by atomic mass is 10.1. The second-order valence-electron chi connectivity index (χ2n) is 6.65. The van der Waals surface area contributed by atoms with Crippen molar-refractivity contribution in [3.05, 3.63) is 57.6 Å². The van der Waals surface area contributed by atoms with Gasteiger partial charge in [-0.15, -0.1) is 0 Å². The maximum absolute atomic E-state index is 12.9. The summed E-state index contributed by atoms with van der Waals surface area (Å²) in [5.41, 5.74) is 3.84. The van der Waals surface area contributed by atoms with Gasteiger partial charge < -0.3 is 4.74 Å². The van der Waals surface area contributed by atoms with E-state index < -0.39 is 0 Å². The minimum absolute atomic E-state index is 0.0618. The van der Waals surface area contributed by atoms with Crippen LogP contribution in [0.15, 0.2) is 40.4 Å². The molecule has 1 aliphatic rings. The lowest BCUT2D eigenvalue weighted by molar-refractivity contribution is 0.407. The highest BCUT2D eigenvalue weighted by Gasteiger charge is 2.28. The first-order valence-electron chi connectivity index (χ1n) is 8.73. The molecule has 0 unspecified atom stereocenters. The Labute approximate surface area is 156 Å². The summed E-state index contributed by atoms with van der Waals surface area (Å²) in [6.45, 7) is 4.02. The van der Waals surface area contributed by atoms with Crippen molar-refractivity contribution >= 4 is 22.7 Å². The van der Waals surface area contributed by atoms with E-state index in [1.54, 1.807) is 18.9 Å². The number of thioether (sulfide) groups is 1. The van der Waals surface area contributed by atoms with E-state index in [9.17, 15) is 4.79 Å². The van der Waals surface area contributed by atoms with Gasteiger partial charge in [0.05, 0.1) is 23.7 Å². The Bertz CT molecular complexity index is 1040. The van der Waals surface area contributed by atoms with Crippen LogP contribution in [0.3, 0.4) is 0 Å². The molecule has 4 rings (SSSR count). The number of fused-ring (bicyclic) bond motifs is 1. The fraction of sp³-hybridized carbons (Fsp3) is 0.350. The Morgan fingerprint density at radius 3 is 2.77 bits per heavy atom. The summed E-state index contributed by atoms with van der Waals surface area (Å²) in [6.07, 6.45) is 3.93. The molecule has 1 aliphatic carbocycles. The predicted molar refractivity (Wildman–Crippen MR) is 104 cm³/mol. The number of hydrogen-bond acceptors (Lipinski definition) is 5. The minimum Gasteiger partial charge on any atom is -0.496 e. The number of hydrogen-bond donors (Lipinski definition) is 0. The Hall–Kier alpha value is -2.34. The Morgan fingerprint density at radius 2 is 2.04 bits per heavy atom. The molecule has 2 aromatic heterocycles. The third kappa shape index (κ3) is 2.98. The van der Waals surface area contributed by atoms with Gasteiger partial charge in [-0.1, -0.05) is 23.9 Å². The van der Waals surface area contributed by atoms with Crippen molar-refractivity contribution in [3.8, 4) is 5.75 Å². The number of aromatic nitrogens is 3. The smallest absolute Gasteiger partial charge is 0.262 e. The Kier molecular flexibility index (Phi) is 4.44. The van der Waals surface area contributed by atoms with E-state index in [-0.39, 0.29) is 11.6 Å². The normalized spacial score (nSPS) is 14.0. The summed E-state index contributed by atoms with van der Waals surface area (Å²) in [5, 5.41) is 1.46. The third-order valence-corrected chi connectivity index (χ3v) is 5.74. The average molecular weight is 367 g/mol. The number of nitrogens with zero attached hydrogens (tertiary/aromatic N) is 3. The van der Waals surface area contributed by atoms with Gasteiger partial charge in [0.15, 0.2) is 5.16 Å². The van der Waals surface area contributed by atoms with Crippen LogP contribution in [-0.4, -0.2) is 21.6 Å². The number of pyridine rings is 1. The second kappa shape index (κ2) is 6.76. The molecule has 1 aromatic carbocycles. The topological polar surface area (TPSA) is 57.0 Å². The first-order valence-corrected chi connectivity index (χ1v) is 9.72. The van der Waals surface area contributed by atoms with Crippen molar-refractivity contribution in [2.45, 2.75) is 43.6 Å². The van der Waals surface area contributed by atoms with Crippen molar-refractivity contribution in [2.24, 2.45) is 0 Å². The van der Waals surface area contributed by atoms with Gasteiger partial charge >= 0.3 is 0 Å². The number of rotatable bonds is 5. The van der Waals surface area contributed by atoms with Crippen LogP contribution in [0, 0.1) is 13.8 Å². The second-order valence-corrected chi connectivity index (χ2v) is 7.60. The molecular weight excluding hydrogens is 346 g/mol. The Balaban J connectivity index is 1.72. The van der Waals surface area contributed by atoms with Crippen LogP contribution in [-0.2, 0) is 5.75 Å². The van der Waals surface area contributed by atoms with Crippen molar-refractivity contribution in [2.75, 3.05) is 7.11 Å². The highest BCUT2D eigenvalue weighted by atomic mass is 32.2. The molecule has 0 bridgehead atoms. The lowest BCUT2D eigenvalue weighted by Crippen LogP contribution is -2.22. The zero-order valence-electron chi connectivity index (χ0n) is 15.2. The largest absolute Gasteiger partial charge is 0.496 e. The lowest BCUT2D eigenvalue weighted by Gasteiger charge is -2.14. The monoisotopic (exact) mass is 367 g/mol. The van der Waals surface area contributed by atoms with Gasteiger partial charge in [0, 0.05) is 29.1 Å². The van der Waals surface area contributed by atoms with Crippen LogP contribution < -0.4 is 10.3 Å². The van der Waals surface area contributed by atoms with E-state index >= 15 is 0 Å². The third-order valence-electron chi connectivity index (χ3n) is 4.78. The highest BCUT2D eigenvalue weighted by molar-refractivity contribution is 7.98. The van der Waals surface area contributed by atoms with E-state index in [0.29, 0.717) is 11.1 Å². The van der Waals surface area contributed by atoms with Gasteiger partial charge in [0.1, 0.15) is 5.75 Å². The number of para-hydroxylation sites is 1. The van der Waals surface area contributed by atoms with E-state index in [4.69, 9.17) is 9.72 Å². The summed E-state index contributed by atoms with van der Waals surface area (Å²) < 4.78 is 7.37. The average Bonchev–Trinajstić information content (AvgIpc) is 3.46. The maximum atomic E-state index is 12.9. The molecule has 0 N–H and O–H groups in total. The van der Waals surface area contributed by atoms with Gasteiger partial charge in [0.2, 0.25) is 0 Å². The number of benzene rings is 1. The molecule has 6 heteroatoms. The molecule has 0 atom stereocenters. The molecule has 134 valence electrons. The molecule has 1 saturated carbocycles. The first-order chi connectivity index (χ1) is 12.6. The molecule has 0 amide bonds. The van der Waals surface area contributed by atoms with Crippen LogP contribution in [0.1, 0.15) is 35.7 Å². The summed E-state index contributed by atoms with van der Waals surface area (Å²) in [4.78, 5) is 22.3. The molecule has 1 fully saturated rings. The van der Waals surface area contributed by atoms with E-state index in [1.807, 2.05) is 48.9 Å². The van der Waals surface area contributed by atoms with Crippen LogP contribution >= 0.6 is 11.8 Å². The highest BCUT2D eigenvalue weighted by Crippen LogP contribution is 2.37. The molecular formula is C20H21N3O2S. The summed E-state index contributed by atoms with van der Waals surface area (Å²) in [6, 6.07) is 7.84. The van der Waals surface area contributed by atoms with E-state index in [1.165, 1.54) is 0 Å². The molecule has 0 spiro atoms. The van der Waals surface area contributed by atoms with E-state index in [2.05, 4.69) is 4.98 Å². The van der Waals surface area contributed by atoms with Crippen LogP contribution in [0.2, 0.25) is 0 Å². The SMILES string of the molecule is COc1c(C)cnc(CSc2nc3ccccc3c(=O)n2C2CC2)c1C. The summed E-state index contributed by atoms with van der Waals surface area (Å²) >= 11 is 1.57. The molecule has 0 radical (unpaired) electrons. The van der Waals surface area contributed by atoms with Gasteiger partial charge in [0.25, 0.3) is 5.56 Å². The van der Waals surface area contributed by atoms with Gasteiger partial charge in [-0.05, 0) is 38.8 Å². The van der Waals surface area contributed by atoms with E-state index in [0.717, 1.165) is 46.1 Å². The standard InChI is InChI=1S/C20H21N3O2S/c1-12-10-21-17(13(2)18(12)25-3)11-26-20-22-16-7-5-4-6-15(16)19(24)23(20)14-8-9-14/h4-7,10,14H,8-9,11H2,1-3H3. The summed E-state index contributed by atoms with van der Waals surface area (Å²) in [5.74, 6) is 1.53. The van der Waals surface area contributed by atoms with Crippen molar-refractivity contribution in [3.63, 3.8) is 0 Å². The zero-order chi connectivity index (χ0) is 18.3. The predicted octanol–water partition coefficient (Wildman–Crippen LogP) is 4.04. The molecule has 0 saturated heterocycles. The summed E-state index contributed by atoms with van der Waals surface area (Å²) in [7, 11) is 1.68. The quantitative estimate of drug-likeness (QED) is 0.503. The number of ether oxygens (including phenoxy) is 1.